The van der Waals surface area contributed by atoms with E-state index in [2.05, 4.69) is 20.3 Å². The number of anilines is 2. The summed E-state index contributed by atoms with van der Waals surface area (Å²) in [6.45, 7) is 1.92. The fourth-order valence-corrected chi connectivity index (χ4v) is 2.44. The first-order valence-corrected chi connectivity index (χ1v) is 6.74. The van der Waals surface area contributed by atoms with Crippen molar-refractivity contribution in [3.63, 3.8) is 0 Å². The molecule has 3 rings (SSSR count). The largest absolute Gasteiger partial charge is 0.356 e. The second kappa shape index (κ2) is 5.32. The van der Waals surface area contributed by atoms with Crippen LogP contribution in [0.4, 0.5) is 11.5 Å². The average Bonchev–Trinajstić information content (AvgIpc) is 3.10. The third-order valence-corrected chi connectivity index (χ3v) is 3.40. The molecule has 0 bridgehead atoms. The minimum absolute atomic E-state index is 0.145. The van der Waals surface area contributed by atoms with Crippen LogP contribution in [0.5, 0.6) is 0 Å². The standard InChI is InChI=1S/C14H17N5O/c1-18-10-11(9-16-18)17-14(20)12-5-4-6-15-13(12)19-7-2-3-8-19/h4-6,9-10H,2-3,7-8H2,1H3,(H,17,20). The lowest BCUT2D eigenvalue weighted by Crippen LogP contribution is -2.24. The van der Waals surface area contributed by atoms with Crippen LogP contribution < -0.4 is 10.2 Å². The molecule has 1 aliphatic heterocycles. The van der Waals surface area contributed by atoms with Gasteiger partial charge in [-0.3, -0.25) is 9.48 Å². The van der Waals surface area contributed by atoms with E-state index in [-0.39, 0.29) is 5.91 Å². The van der Waals surface area contributed by atoms with Crippen LogP contribution in [-0.2, 0) is 7.05 Å². The zero-order chi connectivity index (χ0) is 13.9. The van der Waals surface area contributed by atoms with Crippen LogP contribution in [0, 0.1) is 0 Å². The fraction of sp³-hybridized carbons (Fsp3) is 0.357. The molecule has 0 aromatic carbocycles. The molecule has 2 aromatic rings. The number of pyridine rings is 1. The van der Waals surface area contributed by atoms with Crippen LogP contribution in [0.1, 0.15) is 23.2 Å². The number of nitrogens with one attached hydrogen (secondary N) is 1. The van der Waals surface area contributed by atoms with Crippen LogP contribution in [0.2, 0.25) is 0 Å². The molecule has 104 valence electrons. The molecular formula is C14H17N5O. The van der Waals surface area contributed by atoms with Crippen molar-refractivity contribution < 1.29 is 4.79 Å². The number of nitrogens with zero attached hydrogens (tertiary/aromatic N) is 4. The number of hydrogen-bond acceptors (Lipinski definition) is 4. The van der Waals surface area contributed by atoms with Gasteiger partial charge < -0.3 is 10.2 Å². The van der Waals surface area contributed by atoms with Gasteiger partial charge in [-0.1, -0.05) is 0 Å². The van der Waals surface area contributed by atoms with E-state index in [0.29, 0.717) is 11.3 Å². The SMILES string of the molecule is Cn1cc(NC(=O)c2cccnc2N2CCCC2)cn1. The molecule has 0 aliphatic carbocycles. The Kier molecular flexibility index (Phi) is 3.37. The Morgan fingerprint density at radius 2 is 2.15 bits per heavy atom. The summed E-state index contributed by atoms with van der Waals surface area (Å²) in [5.74, 6) is 0.624. The van der Waals surface area contributed by atoms with Gasteiger partial charge in [-0.2, -0.15) is 5.10 Å². The Balaban J connectivity index is 1.83. The first-order chi connectivity index (χ1) is 9.74. The van der Waals surface area contributed by atoms with Gasteiger partial charge in [0.1, 0.15) is 5.82 Å². The van der Waals surface area contributed by atoms with E-state index in [0.717, 1.165) is 31.7 Å². The van der Waals surface area contributed by atoms with E-state index in [1.807, 2.05) is 13.1 Å². The Morgan fingerprint density at radius 1 is 1.35 bits per heavy atom. The first kappa shape index (κ1) is 12.7. The molecule has 0 unspecified atom stereocenters. The summed E-state index contributed by atoms with van der Waals surface area (Å²) in [6, 6.07) is 3.60. The summed E-state index contributed by atoms with van der Waals surface area (Å²) in [5, 5.41) is 6.89. The molecule has 0 spiro atoms. The maximum atomic E-state index is 12.4. The summed E-state index contributed by atoms with van der Waals surface area (Å²) in [5.41, 5.74) is 1.30. The fourth-order valence-electron chi connectivity index (χ4n) is 2.44. The van der Waals surface area contributed by atoms with E-state index in [4.69, 9.17) is 0 Å². The van der Waals surface area contributed by atoms with Crippen molar-refractivity contribution in [2.45, 2.75) is 12.8 Å². The van der Waals surface area contributed by atoms with Crippen LogP contribution in [0.15, 0.2) is 30.7 Å². The maximum absolute atomic E-state index is 12.4. The first-order valence-electron chi connectivity index (χ1n) is 6.74. The van der Waals surface area contributed by atoms with E-state index in [1.54, 1.807) is 29.3 Å². The second-order valence-electron chi connectivity index (χ2n) is 4.93. The molecule has 1 amide bonds. The van der Waals surface area contributed by atoms with Crippen molar-refractivity contribution in [2.24, 2.45) is 7.05 Å². The van der Waals surface area contributed by atoms with Crippen molar-refractivity contribution in [1.82, 2.24) is 14.8 Å². The minimum atomic E-state index is -0.145. The Morgan fingerprint density at radius 3 is 2.85 bits per heavy atom. The van der Waals surface area contributed by atoms with Gasteiger partial charge in [-0.15, -0.1) is 0 Å². The van der Waals surface area contributed by atoms with Crippen LogP contribution in [0.25, 0.3) is 0 Å². The minimum Gasteiger partial charge on any atom is -0.356 e. The highest BCUT2D eigenvalue weighted by atomic mass is 16.1. The van der Waals surface area contributed by atoms with Gasteiger partial charge in [0.25, 0.3) is 5.91 Å². The Labute approximate surface area is 117 Å². The van der Waals surface area contributed by atoms with Crippen LogP contribution >= 0.6 is 0 Å². The summed E-state index contributed by atoms with van der Waals surface area (Å²) >= 11 is 0. The number of carbonyl (C=O) groups is 1. The van der Waals surface area contributed by atoms with Gasteiger partial charge in [0.05, 0.1) is 17.4 Å². The molecule has 1 saturated heterocycles. The number of amides is 1. The lowest BCUT2D eigenvalue weighted by atomic mass is 10.2. The molecule has 6 heteroatoms. The number of rotatable bonds is 3. The highest BCUT2D eigenvalue weighted by Crippen LogP contribution is 2.22. The lowest BCUT2D eigenvalue weighted by molar-refractivity contribution is 0.102. The van der Waals surface area contributed by atoms with E-state index in [9.17, 15) is 4.79 Å². The monoisotopic (exact) mass is 271 g/mol. The highest BCUT2D eigenvalue weighted by Gasteiger charge is 2.20. The third-order valence-electron chi connectivity index (χ3n) is 3.40. The second-order valence-corrected chi connectivity index (χ2v) is 4.93. The van der Waals surface area contributed by atoms with Crippen molar-refractivity contribution in [2.75, 3.05) is 23.3 Å². The van der Waals surface area contributed by atoms with E-state index >= 15 is 0 Å². The zero-order valence-electron chi connectivity index (χ0n) is 11.4. The molecule has 20 heavy (non-hydrogen) atoms. The summed E-state index contributed by atoms with van der Waals surface area (Å²) in [6.07, 6.45) is 7.43. The predicted octanol–water partition coefficient (Wildman–Crippen LogP) is 1.67. The highest BCUT2D eigenvalue weighted by molar-refractivity contribution is 6.07. The summed E-state index contributed by atoms with van der Waals surface area (Å²) < 4.78 is 1.65. The quantitative estimate of drug-likeness (QED) is 0.922. The molecule has 0 radical (unpaired) electrons. The summed E-state index contributed by atoms with van der Waals surface area (Å²) in [7, 11) is 1.81. The lowest BCUT2D eigenvalue weighted by Gasteiger charge is -2.19. The number of hydrogen-bond donors (Lipinski definition) is 1. The predicted molar refractivity (Wildman–Crippen MR) is 76.8 cm³/mol. The van der Waals surface area contributed by atoms with Crippen LogP contribution in [-0.4, -0.2) is 33.8 Å². The molecule has 1 N–H and O–H groups in total. The number of carbonyl (C=O) groups excluding carboxylic acids is 1. The van der Waals surface area contributed by atoms with Gasteiger partial charge in [0.15, 0.2) is 0 Å². The van der Waals surface area contributed by atoms with Gasteiger partial charge in [-0.05, 0) is 25.0 Å². The van der Waals surface area contributed by atoms with Crippen molar-refractivity contribution in [1.29, 1.82) is 0 Å². The molecule has 0 saturated carbocycles. The van der Waals surface area contributed by atoms with Gasteiger partial charge in [0.2, 0.25) is 0 Å². The van der Waals surface area contributed by atoms with Crippen molar-refractivity contribution in [3.05, 3.63) is 36.3 Å². The Hall–Kier alpha value is -2.37. The van der Waals surface area contributed by atoms with Gasteiger partial charge >= 0.3 is 0 Å². The van der Waals surface area contributed by atoms with Crippen molar-refractivity contribution in [3.8, 4) is 0 Å². The Bertz CT molecular complexity index is 616. The number of aryl methyl sites for hydroxylation is 1. The van der Waals surface area contributed by atoms with E-state index < -0.39 is 0 Å². The van der Waals surface area contributed by atoms with Gasteiger partial charge in [0, 0.05) is 32.5 Å². The smallest absolute Gasteiger partial charge is 0.259 e. The zero-order valence-corrected chi connectivity index (χ0v) is 11.4. The third kappa shape index (κ3) is 2.49. The molecular weight excluding hydrogens is 254 g/mol. The maximum Gasteiger partial charge on any atom is 0.259 e. The van der Waals surface area contributed by atoms with Gasteiger partial charge in [-0.25, -0.2) is 4.98 Å². The average molecular weight is 271 g/mol. The molecule has 3 heterocycles. The number of aromatic nitrogens is 3. The molecule has 1 aliphatic rings. The molecule has 1 fully saturated rings. The normalized spacial score (nSPS) is 14.6. The topological polar surface area (TPSA) is 63.1 Å². The molecule has 2 aromatic heterocycles. The summed E-state index contributed by atoms with van der Waals surface area (Å²) in [4.78, 5) is 18.9. The molecule has 0 atom stereocenters. The molecule has 6 nitrogen and oxygen atoms in total. The van der Waals surface area contributed by atoms with Crippen LogP contribution in [0.3, 0.4) is 0 Å². The van der Waals surface area contributed by atoms with E-state index in [1.165, 1.54) is 0 Å². The van der Waals surface area contributed by atoms with Crippen molar-refractivity contribution >= 4 is 17.4 Å².